The summed E-state index contributed by atoms with van der Waals surface area (Å²) in [5.41, 5.74) is 8.47. The molecule has 3 aromatic rings. The third kappa shape index (κ3) is 3.92. The number of allylic oxidation sites excluding steroid dienone is 2. The van der Waals surface area contributed by atoms with E-state index in [2.05, 4.69) is 81.3 Å². The van der Waals surface area contributed by atoms with Gasteiger partial charge in [0, 0.05) is 17.5 Å². The summed E-state index contributed by atoms with van der Waals surface area (Å²) in [7, 11) is 0. The van der Waals surface area contributed by atoms with E-state index < -0.39 is 0 Å². The molecule has 0 fully saturated rings. The maximum Gasteiger partial charge on any atom is 0.138 e. The van der Waals surface area contributed by atoms with Crippen LogP contribution in [0.5, 0.6) is 0 Å². The van der Waals surface area contributed by atoms with Gasteiger partial charge in [-0.05, 0) is 50.5 Å². The molecule has 2 heterocycles. The number of nitrogens with zero attached hydrogens (tertiary/aromatic N) is 3. The summed E-state index contributed by atoms with van der Waals surface area (Å²) in [4.78, 5) is 9.85. The molecule has 0 aliphatic rings. The lowest BCUT2D eigenvalue weighted by molar-refractivity contribution is 1.08. The van der Waals surface area contributed by atoms with Crippen LogP contribution in [-0.4, -0.2) is 15.1 Å². The van der Waals surface area contributed by atoms with Gasteiger partial charge in [0.05, 0.1) is 17.1 Å². The van der Waals surface area contributed by atoms with Gasteiger partial charge in [0.15, 0.2) is 0 Å². The number of aromatic nitrogens is 2. The highest BCUT2D eigenvalue weighted by Gasteiger charge is 2.18. The number of benzene rings is 1. The van der Waals surface area contributed by atoms with Gasteiger partial charge in [-0.1, -0.05) is 56.3 Å². The van der Waals surface area contributed by atoms with Gasteiger partial charge >= 0.3 is 0 Å². The van der Waals surface area contributed by atoms with Crippen molar-refractivity contribution in [1.82, 2.24) is 9.38 Å². The molecule has 0 radical (unpaired) electrons. The molecule has 2 aromatic heterocycles. The van der Waals surface area contributed by atoms with Crippen LogP contribution < -0.4 is 0 Å². The standard InChI is InChI=1S/C24H27N3/c1-6-9-21(25-18(5)7-2)24-23(20-12-10-17(4)11-13-20)26-22-16-19(8-3)14-15-27(22)24/h6,9-16H,1,7-8H2,2-5H3/b21-9-,25-18?. The zero-order valence-corrected chi connectivity index (χ0v) is 16.7. The SMILES string of the molecule is C=C/C=C(\N=C(C)CC)c1c(-c2ccc(C)cc2)nc2cc(CC)ccn12. The molecular weight excluding hydrogens is 330 g/mol. The Morgan fingerprint density at radius 1 is 1.19 bits per heavy atom. The van der Waals surface area contributed by atoms with Crippen molar-refractivity contribution >= 4 is 17.1 Å². The third-order valence-corrected chi connectivity index (χ3v) is 4.77. The number of imidazole rings is 1. The number of aryl methyl sites for hydroxylation is 2. The first kappa shape index (κ1) is 18.8. The topological polar surface area (TPSA) is 29.7 Å². The second-order valence-corrected chi connectivity index (χ2v) is 6.78. The van der Waals surface area contributed by atoms with Gasteiger partial charge in [0.25, 0.3) is 0 Å². The number of pyridine rings is 1. The predicted molar refractivity (Wildman–Crippen MR) is 116 cm³/mol. The molecule has 0 amide bonds. The molecule has 0 atom stereocenters. The average Bonchev–Trinajstić information content (AvgIpc) is 3.06. The molecule has 0 unspecified atom stereocenters. The predicted octanol–water partition coefficient (Wildman–Crippen LogP) is 6.27. The van der Waals surface area contributed by atoms with E-state index in [9.17, 15) is 0 Å². The van der Waals surface area contributed by atoms with Crippen molar-refractivity contribution in [3.63, 3.8) is 0 Å². The van der Waals surface area contributed by atoms with E-state index in [1.807, 2.05) is 6.08 Å². The van der Waals surface area contributed by atoms with E-state index >= 15 is 0 Å². The molecule has 3 heteroatoms. The highest BCUT2D eigenvalue weighted by molar-refractivity contribution is 5.90. The number of hydrogen-bond donors (Lipinski definition) is 0. The molecule has 0 spiro atoms. The van der Waals surface area contributed by atoms with Crippen molar-refractivity contribution in [3.05, 3.63) is 78.1 Å². The van der Waals surface area contributed by atoms with Crippen molar-refractivity contribution in [1.29, 1.82) is 0 Å². The summed E-state index contributed by atoms with van der Waals surface area (Å²) >= 11 is 0. The largest absolute Gasteiger partial charge is 0.298 e. The maximum absolute atomic E-state index is 4.98. The highest BCUT2D eigenvalue weighted by atomic mass is 15.0. The minimum atomic E-state index is 0.886. The number of rotatable bonds is 6. The van der Waals surface area contributed by atoms with Crippen molar-refractivity contribution in [2.24, 2.45) is 4.99 Å². The summed E-state index contributed by atoms with van der Waals surface area (Å²) in [6, 6.07) is 12.8. The summed E-state index contributed by atoms with van der Waals surface area (Å²) in [5, 5.41) is 0. The molecule has 3 nitrogen and oxygen atoms in total. The van der Waals surface area contributed by atoms with E-state index in [0.717, 1.165) is 46.8 Å². The van der Waals surface area contributed by atoms with E-state index in [0.29, 0.717) is 0 Å². The second kappa shape index (κ2) is 8.17. The van der Waals surface area contributed by atoms with Gasteiger partial charge in [-0.3, -0.25) is 9.39 Å². The quantitative estimate of drug-likeness (QED) is 0.378. The Kier molecular flexibility index (Phi) is 5.70. The van der Waals surface area contributed by atoms with E-state index in [4.69, 9.17) is 9.98 Å². The number of hydrogen-bond acceptors (Lipinski definition) is 2. The van der Waals surface area contributed by atoms with Gasteiger partial charge in [0.2, 0.25) is 0 Å². The van der Waals surface area contributed by atoms with Crippen LogP contribution in [0.1, 0.15) is 44.0 Å². The van der Waals surface area contributed by atoms with Crippen LogP contribution >= 0.6 is 0 Å². The Morgan fingerprint density at radius 2 is 1.93 bits per heavy atom. The summed E-state index contributed by atoms with van der Waals surface area (Å²) in [6.45, 7) is 12.3. The fourth-order valence-electron chi connectivity index (χ4n) is 3.03. The van der Waals surface area contributed by atoms with Gasteiger partial charge in [-0.25, -0.2) is 4.98 Å². The third-order valence-electron chi connectivity index (χ3n) is 4.77. The van der Waals surface area contributed by atoms with Crippen LogP contribution in [0.25, 0.3) is 22.6 Å². The van der Waals surface area contributed by atoms with E-state index in [-0.39, 0.29) is 0 Å². The van der Waals surface area contributed by atoms with Crippen LogP contribution in [-0.2, 0) is 6.42 Å². The van der Waals surface area contributed by atoms with Crippen molar-refractivity contribution in [2.75, 3.05) is 0 Å². The molecule has 138 valence electrons. The van der Waals surface area contributed by atoms with Crippen LogP contribution in [0.15, 0.2) is 66.3 Å². The van der Waals surface area contributed by atoms with Crippen LogP contribution in [0.2, 0.25) is 0 Å². The summed E-state index contributed by atoms with van der Waals surface area (Å²) < 4.78 is 2.14. The first-order valence-corrected chi connectivity index (χ1v) is 9.52. The zero-order chi connectivity index (χ0) is 19.4. The Morgan fingerprint density at radius 3 is 2.56 bits per heavy atom. The second-order valence-electron chi connectivity index (χ2n) is 6.78. The number of fused-ring (bicyclic) bond motifs is 1. The summed E-state index contributed by atoms with van der Waals surface area (Å²) in [6.07, 6.45) is 7.75. The molecule has 0 aliphatic heterocycles. The molecule has 0 aliphatic carbocycles. The first-order chi connectivity index (χ1) is 13.1. The lowest BCUT2D eigenvalue weighted by atomic mass is 10.1. The van der Waals surface area contributed by atoms with Crippen molar-refractivity contribution in [3.8, 4) is 11.3 Å². The molecule has 1 aromatic carbocycles. The molecule has 0 N–H and O–H groups in total. The normalized spacial score (nSPS) is 12.6. The van der Waals surface area contributed by atoms with Crippen molar-refractivity contribution in [2.45, 2.75) is 40.5 Å². The molecule has 0 saturated heterocycles. The van der Waals surface area contributed by atoms with E-state index in [1.54, 1.807) is 6.08 Å². The first-order valence-electron chi connectivity index (χ1n) is 9.52. The molecule has 0 bridgehead atoms. The average molecular weight is 358 g/mol. The lowest BCUT2D eigenvalue weighted by Gasteiger charge is -2.08. The minimum absolute atomic E-state index is 0.886. The molecule has 0 saturated carbocycles. The van der Waals surface area contributed by atoms with Gasteiger partial charge in [-0.15, -0.1) is 0 Å². The Hall–Kier alpha value is -2.94. The maximum atomic E-state index is 4.98. The van der Waals surface area contributed by atoms with Crippen LogP contribution in [0.3, 0.4) is 0 Å². The van der Waals surface area contributed by atoms with E-state index in [1.165, 1.54) is 11.1 Å². The summed E-state index contributed by atoms with van der Waals surface area (Å²) in [5.74, 6) is 0. The fraction of sp³-hybridized carbons (Fsp3) is 0.250. The minimum Gasteiger partial charge on any atom is -0.298 e. The molecule has 3 rings (SSSR count). The molecule has 27 heavy (non-hydrogen) atoms. The number of aliphatic imine (C=N–C) groups is 1. The van der Waals surface area contributed by atoms with Crippen molar-refractivity contribution < 1.29 is 0 Å². The van der Waals surface area contributed by atoms with Gasteiger partial charge in [-0.2, -0.15) is 0 Å². The van der Waals surface area contributed by atoms with Gasteiger partial charge in [0.1, 0.15) is 5.65 Å². The highest BCUT2D eigenvalue weighted by Crippen LogP contribution is 2.31. The Bertz CT molecular complexity index is 1020. The van der Waals surface area contributed by atoms with Crippen LogP contribution in [0, 0.1) is 6.92 Å². The lowest BCUT2D eigenvalue weighted by Crippen LogP contribution is -1.97. The van der Waals surface area contributed by atoms with Gasteiger partial charge < -0.3 is 0 Å². The fourth-order valence-corrected chi connectivity index (χ4v) is 3.03. The zero-order valence-electron chi connectivity index (χ0n) is 16.7. The molecular formula is C24H27N3. The van der Waals surface area contributed by atoms with Crippen LogP contribution in [0.4, 0.5) is 0 Å². The Labute approximate surface area is 161 Å². The smallest absolute Gasteiger partial charge is 0.138 e. The Balaban J connectivity index is 2.33. The monoisotopic (exact) mass is 357 g/mol.